The van der Waals surface area contributed by atoms with Crippen molar-refractivity contribution in [2.45, 2.75) is 25.2 Å². The molecule has 5 rings (SSSR count). The van der Waals surface area contributed by atoms with Gasteiger partial charge in [0.05, 0.1) is 5.52 Å². The van der Waals surface area contributed by atoms with Gasteiger partial charge in [-0.15, -0.1) is 13.2 Å². The maximum absolute atomic E-state index is 12.6. The van der Waals surface area contributed by atoms with Crippen LogP contribution in [-0.4, -0.2) is 64.6 Å². The normalized spacial score (nSPS) is 23.6. The van der Waals surface area contributed by atoms with Crippen LogP contribution in [-0.2, 0) is 4.79 Å². The van der Waals surface area contributed by atoms with Crippen molar-refractivity contribution in [2.75, 3.05) is 19.6 Å². The van der Waals surface area contributed by atoms with E-state index in [4.69, 9.17) is 9.90 Å². The molecule has 1 atom stereocenters. The number of piperidine rings is 3. The number of amides is 1. The largest absolute Gasteiger partial charge is 0.573 e. The summed E-state index contributed by atoms with van der Waals surface area (Å²) in [6.45, 7) is 2.67. The number of carbonyl (C=O) groups excluding carboxylic acids is 1. The molecule has 4 heterocycles. The summed E-state index contributed by atoms with van der Waals surface area (Å²) < 4.78 is 41.1. The van der Waals surface area contributed by atoms with Gasteiger partial charge >= 0.3 is 6.36 Å². The van der Waals surface area contributed by atoms with E-state index < -0.39 is 6.36 Å². The molecule has 3 saturated heterocycles. The van der Waals surface area contributed by atoms with Crippen molar-refractivity contribution < 1.29 is 32.6 Å². The maximum Gasteiger partial charge on any atom is 0.573 e. The molecule has 152 valence electrons. The molecule has 0 radical (unpaired) electrons. The van der Waals surface area contributed by atoms with Crippen LogP contribution >= 0.6 is 0 Å². The van der Waals surface area contributed by atoms with Crippen molar-refractivity contribution in [2.24, 2.45) is 5.92 Å². The molecule has 1 aromatic heterocycles. The van der Waals surface area contributed by atoms with Crippen LogP contribution in [0.2, 0.25) is 0 Å². The molecular weight excluding hydrogens is 381 g/mol. The molecule has 0 aliphatic carbocycles. The van der Waals surface area contributed by atoms with Crippen molar-refractivity contribution in [3.8, 4) is 5.75 Å². The Hall–Kier alpha value is -2.82. The molecule has 3 aliphatic heterocycles. The van der Waals surface area contributed by atoms with Crippen molar-refractivity contribution in [1.82, 2.24) is 20.4 Å². The quantitative estimate of drug-likeness (QED) is 0.680. The molecule has 1 aromatic carbocycles. The minimum atomic E-state index is -4.78. The second kappa shape index (κ2) is 8.05. The Balaban J connectivity index is 0.000000706. The van der Waals surface area contributed by atoms with E-state index in [0.717, 1.165) is 32.5 Å². The van der Waals surface area contributed by atoms with Crippen molar-refractivity contribution in [3.05, 3.63) is 23.9 Å². The molecule has 3 N–H and O–H groups in total. The Morgan fingerprint density at radius 3 is 2.61 bits per heavy atom. The number of fused-ring (bicyclic) bond motifs is 4. The SMILES string of the molecule is O=C(N[C@H]1CN2CCC1CC2)c1n[nH]c2ccc(OC(F)(F)F)cc12.O=CO. The number of ether oxygens (including phenoxy) is 1. The van der Waals surface area contributed by atoms with Gasteiger partial charge in [-0.1, -0.05) is 0 Å². The van der Waals surface area contributed by atoms with Crippen LogP contribution < -0.4 is 10.1 Å². The van der Waals surface area contributed by atoms with Crippen molar-refractivity contribution >= 4 is 23.3 Å². The zero-order valence-electron chi connectivity index (χ0n) is 14.7. The number of aromatic amines is 1. The molecule has 1 amide bonds. The van der Waals surface area contributed by atoms with Gasteiger partial charge in [0.15, 0.2) is 5.69 Å². The number of hydrogen-bond acceptors (Lipinski definition) is 5. The summed E-state index contributed by atoms with van der Waals surface area (Å²) in [6, 6.07) is 3.83. The molecule has 11 heteroatoms. The summed E-state index contributed by atoms with van der Waals surface area (Å²) in [6.07, 6.45) is -2.68. The number of nitrogens with one attached hydrogen (secondary N) is 2. The highest BCUT2D eigenvalue weighted by molar-refractivity contribution is 6.05. The fraction of sp³-hybridized carbons (Fsp3) is 0.471. The third-order valence-electron chi connectivity index (χ3n) is 4.96. The number of carboxylic acid groups (broad SMARTS) is 1. The highest BCUT2D eigenvalue weighted by atomic mass is 19.4. The average Bonchev–Trinajstić information content (AvgIpc) is 3.05. The third kappa shape index (κ3) is 4.53. The lowest BCUT2D eigenvalue weighted by Crippen LogP contribution is -2.57. The molecule has 0 saturated carbocycles. The zero-order chi connectivity index (χ0) is 20.3. The van der Waals surface area contributed by atoms with Gasteiger partial charge in [0.2, 0.25) is 0 Å². The van der Waals surface area contributed by atoms with Crippen LogP contribution in [0.3, 0.4) is 0 Å². The first kappa shape index (κ1) is 19.9. The topological polar surface area (TPSA) is 108 Å². The second-order valence-electron chi connectivity index (χ2n) is 6.65. The monoisotopic (exact) mass is 400 g/mol. The van der Waals surface area contributed by atoms with E-state index in [1.165, 1.54) is 18.2 Å². The number of H-pyrrole nitrogens is 1. The fourth-order valence-corrected chi connectivity index (χ4v) is 3.73. The third-order valence-corrected chi connectivity index (χ3v) is 4.96. The second-order valence-corrected chi connectivity index (χ2v) is 6.65. The van der Waals surface area contributed by atoms with Crippen LogP contribution in [0.25, 0.3) is 10.9 Å². The Bertz CT molecular complexity index is 847. The predicted molar refractivity (Wildman–Crippen MR) is 91.9 cm³/mol. The number of aromatic nitrogens is 2. The van der Waals surface area contributed by atoms with Crippen molar-refractivity contribution in [3.63, 3.8) is 0 Å². The van der Waals surface area contributed by atoms with Crippen LogP contribution in [0, 0.1) is 5.92 Å². The molecule has 3 fully saturated rings. The molecule has 0 spiro atoms. The molecule has 3 aliphatic rings. The summed E-state index contributed by atoms with van der Waals surface area (Å²) in [5.74, 6) is -0.310. The van der Waals surface area contributed by atoms with Gasteiger partial charge in [-0.25, -0.2) is 0 Å². The Kier molecular flexibility index (Phi) is 5.73. The zero-order valence-corrected chi connectivity index (χ0v) is 14.7. The van der Waals surface area contributed by atoms with Gasteiger partial charge in [-0.3, -0.25) is 14.7 Å². The summed E-state index contributed by atoms with van der Waals surface area (Å²) in [5, 5.41) is 16.8. The van der Waals surface area contributed by atoms with Crippen LogP contribution in [0.4, 0.5) is 13.2 Å². The minimum Gasteiger partial charge on any atom is -0.483 e. The Morgan fingerprint density at radius 2 is 2.04 bits per heavy atom. The van der Waals surface area contributed by atoms with E-state index >= 15 is 0 Å². The highest BCUT2D eigenvalue weighted by Gasteiger charge is 2.35. The first-order valence-corrected chi connectivity index (χ1v) is 8.65. The van der Waals surface area contributed by atoms with Gasteiger partial charge < -0.3 is 20.1 Å². The molecule has 8 nitrogen and oxygen atoms in total. The number of carbonyl (C=O) groups is 2. The molecule has 2 aromatic rings. The maximum atomic E-state index is 12.6. The Morgan fingerprint density at radius 1 is 1.36 bits per heavy atom. The van der Waals surface area contributed by atoms with E-state index in [-0.39, 0.29) is 29.9 Å². The van der Waals surface area contributed by atoms with Crippen molar-refractivity contribution in [1.29, 1.82) is 0 Å². The first-order valence-electron chi connectivity index (χ1n) is 8.65. The number of rotatable bonds is 3. The van der Waals surface area contributed by atoms with E-state index in [1.54, 1.807) is 0 Å². The predicted octanol–water partition coefficient (Wildman–Crippen LogP) is 1.99. The number of alkyl halides is 3. The van der Waals surface area contributed by atoms with E-state index in [0.29, 0.717) is 16.8 Å². The Labute approximate surface area is 157 Å². The van der Waals surface area contributed by atoms with E-state index in [9.17, 15) is 18.0 Å². The van der Waals surface area contributed by atoms with Crippen LogP contribution in [0.1, 0.15) is 23.3 Å². The lowest BCUT2D eigenvalue weighted by atomic mass is 9.84. The standard InChI is InChI=1S/C16H17F3N4O2.CH2O2/c17-16(18,19)25-10-1-2-12-11(7-10)14(22-21-12)15(24)20-13-8-23-5-3-9(13)4-6-23;2-1-3/h1-2,7,9,13H,3-6,8H2,(H,20,24)(H,21,22);1H,(H,2,3)/t13-;/m0./s1. The number of benzene rings is 1. The smallest absolute Gasteiger partial charge is 0.483 e. The van der Waals surface area contributed by atoms with Crippen LogP contribution in [0.15, 0.2) is 18.2 Å². The van der Waals surface area contributed by atoms with Gasteiger partial charge in [0.1, 0.15) is 5.75 Å². The van der Waals surface area contributed by atoms with Gasteiger partial charge in [-0.2, -0.15) is 5.10 Å². The number of nitrogens with zero attached hydrogens (tertiary/aromatic N) is 2. The fourth-order valence-electron chi connectivity index (χ4n) is 3.73. The van der Waals surface area contributed by atoms with E-state index in [1.807, 2.05) is 0 Å². The lowest BCUT2D eigenvalue weighted by Gasteiger charge is -2.44. The van der Waals surface area contributed by atoms with Gasteiger partial charge in [0.25, 0.3) is 12.4 Å². The summed E-state index contributed by atoms with van der Waals surface area (Å²) in [7, 11) is 0. The molecular formula is C17H19F3N4O4. The molecule has 28 heavy (non-hydrogen) atoms. The summed E-state index contributed by atoms with van der Waals surface area (Å²) in [5.41, 5.74) is 0.563. The minimum absolute atomic E-state index is 0.0522. The number of halogens is 3. The van der Waals surface area contributed by atoms with Gasteiger partial charge in [-0.05, 0) is 50.0 Å². The lowest BCUT2D eigenvalue weighted by molar-refractivity contribution is -0.274. The number of hydrogen-bond donors (Lipinski definition) is 3. The van der Waals surface area contributed by atoms with E-state index in [2.05, 4.69) is 25.2 Å². The van der Waals surface area contributed by atoms with Gasteiger partial charge in [0, 0.05) is 18.0 Å². The molecule has 0 unspecified atom stereocenters. The highest BCUT2D eigenvalue weighted by Crippen LogP contribution is 2.29. The van der Waals surface area contributed by atoms with Crippen LogP contribution in [0.5, 0.6) is 5.75 Å². The summed E-state index contributed by atoms with van der Waals surface area (Å²) in [4.78, 5) is 23.3. The molecule has 2 bridgehead atoms. The average molecular weight is 400 g/mol. The summed E-state index contributed by atoms with van der Waals surface area (Å²) >= 11 is 0. The first-order chi connectivity index (χ1) is 13.3.